The van der Waals surface area contributed by atoms with Crippen LogP contribution in [0.4, 0.5) is 19.3 Å². The summed E-state index contributed by atoms with van der Waals surface area (Å²) in [6.45, 7) is 0.0450. The van der Waals surface area contributed by atoms with Crippen LogP contribution < -0.4 is 5.32 Å². The Morgan fingerprint density at radius 2 is 1.67 bits per heavy atom. The van der Waals surface area contributed by atoms with E-state index < -0.39 is 35.4 Å². The molecule has 1 aliphatic heterocycles. The second-order valence-corrected chi connectivity index (χ2v) is 5.49. The molecule has 124 valence electrons. The van der Waals surface area contributed by atoms with Gasteiger partial charge in [0.25, 0.3) is 0 Å². The number of hydrogen-bond donors (Lipinski definition) is 2. The van der Waals surface area contributed by atoms with Crippen LogP contribution in [0, 0.1) is 11.6 Å². The molecule has 5 nitrogen and oxygen atoms in total. The summed E-state index contributed by atoms with van der Waals surface area (Å²) in [7, 11) is 0. The molecule has 1 aliphatic rings. The zero-order valence-electron chi connectivity index (χ0n) is 12.5. The lowest BCUT2D eigenvalue weighted by molar-refractivity contribution is -0.121. The van der Waals surface area contributed by atoms with Gasteiger partial charge in [-0.15, -0.1) is 0 Å². The fourth-order valence-electron chi connectivity index (χ4n) is 2.78. The summed E-state index contributed by atoms with van der Waals surface area (Å²) >= 11 is 0. The quantitative estimate of drug-likeness (QED) is 0.888. The standard InChI is InChI=1S/C17H14F2N2O3/c18-12-6-3-7-13(19)15(12)20-16(22)14-8-10-4-1-2-5-11(10)9-21(14)17(23)24/h1-7,14H,8-9H2,(H,20,22)(H,23,24). The molecule has 0 saturated heterocycles. The van der Waals surface area contributed by atoms with Gasteiger partial charge in [-0.3, -0.25) is 9.69 Å². The third kappa shape index (κ3) is 2.92. The van der Waals surface area contributed by atoms with Gasteiger partial charge in [-0.05, 0) is 23.3 Å². The Hall–Kier alpha value is -2.96. The van der Waals surface area contributed by atoms with Crippen molar-refractivity contribution in [3.05, 3.63) is 65.2 Å². The van der Waals surface area contributed by atoms with Crippen molar-refractivity contribution < 1.29 is 23.5 Å². The third-order valence-corrected chi connectivity index (χ3v) is 4.01. The van der Waals surface area contributed by atoms with E-state index in [1.807, 2.05) is 0 Å². The Morgan fingerprint density at radius 3 is 2.29 bits per heavy atom. The Balaban J connectivity index is 1.89. The highest BCUT2D eigenvalue weighted by Crippen LogP contribution is 2.25. The maximum atomic E-state index is 13.7. The molecule has 0 saturated carbocycles. The average molecular weight is 332 g/mol. The highest BCUT2D eigenvalue weighted by atomic mass is 19.1. The largest absolute Gasteiger partial charge is 0.465 e. The molecule has 2 amide bonds. The van der Waals surface area contributed by atoms with Crippen LogP contribution in [-0.4, -0.2) is 28.0 Å². The van der Waals surface area contributed by atoms with Gasteiger partial charge < -0.3 is 10.4 Å². The molecule has 2 aromatic carbocycles. The molecule has 0 fully saturated rings. The zero-order chi connectivity index (χ0) is 17.3. The van der Waals surface area contributed by atoms with Gasteiger partial charge in [0, 0.05) is 6.42 Å². The number of amides is 2. The van der Waals surface area contributed by atoms with E-state index in [1.165, 1.54) is 6.07 Å². The monoisotopic (exact) mass is 332 g/mol. The van der Waals surface area contributed by atoms with Gasteiger partial charge >= 0.3 is 6.09 Å². The van der Waals surface area contributed by atoms with Gasteiger partial charge in [0.15, 0.2) is 0 Å². The smallest absolute Gasteiger partial charge is 0.408 e. The van der Waals surface area contributed by atoms with Crippen LogP contribution >= 0.6 is 0 Å². The van der Waals surface area contributed by atoms with Crippen molar-refractivity contribution in [1.29, 1.82) is 0 Å². The van der Waals surface area contributed by atoms with Crippen LogP contribution in [0.5, 0.6) is 0 Å². The Bertz CT molecular complexity index is 790. The first-order valence-electron chi connectivity index (χ1n) is 7.28. The van der Waals surface area contributed by atoms with E-state index in [-0.39, 0.29) is 13.0 Å². The lowest BCUT2D eigenvalue weighted by Crippen LogP contribution is -2.50. The molecular weight excluding hydrogens is 318 g/mol. The summed E-state index contributed by atoms with van der Waals surface area (Å²) in [5.41, 5.74) is 1.07. The van der Waals surface area contributed by atoms with Crippen LogP contribution in [0.25, 0.3) is 0 Å². The molecule has 2 N–H and O–H groups in total. The molecule has 0 bridgehead atoms. The number of benzene rings is 2. The number of carbonyl (C=O) groups is 2. The van der Waals surface area contributed by atoms with E-state index in [9.17, 15) is 23.5 Å². The number of fused-ring (bicyclic) bond motifs is 1. The number of carboxylic acid groups (broad SMARTS) is 1. The average Bonchev–Trinajstić information content (AvgIpc) is 2.56. The van der Waals surface area contributed by atoms with Crippen LogP contribution in [0.1, 0.15) is 11.1 Å². The number of nitrogens with one attached hydrogen (secondary N) is 1. The molecule has 7 heteroatoms. The van der Waals surface area contributed by atoms with E-state index in [0.29, 0.717) is 0 Å². The molecule has 3 rings (SSSR count). The molecule has 0 radical (unpaired) electrons. The highest BCUT2D eigenvalue weighted by Gasteiger charge is 2.35. The van der Waals surface area contributed by atoms with E-state index >= 15 is 0 Å². The molecule has 0 spiro atoms. The minimum Gasteiger partial charge on any atom is -0.465 e. The second kappa shape index (κ2) is 6.27. The number of anilines is 1. The Morgan fingerprint density at radius 1 is 1.04 bits per heavy atom. The second-order valence-electron chi connectivity index (χ2n) is 5.49. The first-order valence-corrected chi connectivity index (χ1v) is 7.28. The summed E-state index contributed by atoms with van der Waals surface area (Å²) in [5, 5.41) is 11.5. The fraction of sp³-hybridized carbons (Fsp3) is 0.176. The predicted molar refractivity (Wildman–Crippen MR) is 82.5 cm³/mol. The molecule has 0 aliphatic carbocycles. The number of para-hydroxylation sites is 1. The third-order valence-electron chi connectivity index (χ3n) is 4.01. The van der Waals surface area contributed by atoms with Crippen molar-refractivity contribution in [2.75, 3.05) is 5.32 Å². The molecular formula is C17H14F2N2O3. The van der Waals surface area contributed by atoms with Gasteiger partial charge in [-0.25, -0.2) is 13.6 Å². The van der Waals surface area contributed by atoms with E-state index in [2.05, 4.69) is 5.32 Å². The minimum atomic E-state index is -1.27. The summed E-state index contributed by atoms with van der Waals surface area (Å²) in [4.78, 5) is 24.9. The molecule has 1 unspecified atom stereocenters. The normalized spacial score (nSPS) is 16.4. The molecule has 1 heterocycles. The predicted octanol–water partition coefficient (Wildman–Crippen LogP) is 3.01. The first kappa shape index (κ1) is 15.9. The number of carbonyl (C=O) groups excluding carboxylic acids is 1. The molecule has 0 aromatic heterocycles. The maximum Gasteiger partial charge on any atom is 0.408 e. The highest BCUT2D eigenvalue weighted by molar-refractivity contribution is 5.97. The van der Waals surface area contributed by atoms with Crippen molar-refractivity contribution in [3.8, 4) is 0 Å². The lowest BCUT2D eigenvalue weighted by Gasteiger charge is -2.33. The van der Waals surface area contributed by atoms with Crippen molar-refractivity contribution in [1.82, 2.24) is 4.90 Å². The zero-order valence-corrected chi connectivity index (χ0v) is 12.5. The number of hydrogen-bond acceptors (Lipinski definition) is 2. The molecule has 24 heavy (non-hydrogen) atoms. The fourth-order valence-corrected chi connectivity index (χ4v) is 2.78. The van der Waals surface area contributed by atoms with Crippen LogP contribution in [0.2, 0.25) is 0 Å². The van der Waals surface area contributed by atoms with Gasteiger partial charge in [0.05, 0.1) is 6.54 Å². The summed E-state index contributed by atoms with van der Waals surface area (Å²) < 4.78 is 27.4. The SMILES string of the molecule is O=C(Nc1c(F)cccc1F)C1Cc2ccccc2CN1C(=O)O. The van der Waals surface area contributed by atoms with Crippen molar-refractivity contribution >= 4 is 17.7 Å². The number of nitrogens with zero attached hydrogens (tertiary/aromatic N) is 1. The molecule has 2 aromatic rings. The van der Waals surface area contributed by atoms with Gasteiger partial charge in [0.1, 0.15) is 23.4 Å². The molecule has 1 atom stereocenters. The van der Waals surface area contributed by atoms with E-state index in [0.717, 1.165) is 28.2 Å². The van der Waals surface area contributed by atoms with E-state index in [1.54, 1.807) is 24.3 Å². The van der Waals surface area contributed by atoms with Crippen molar-refractivity contribution in [2.24, 2.45) is 0 Å². The Kier molecular flexibility index (Phi) is 4.16. The van der Waals surface area contributed by atoms with Gasteiger partial charge in [-0.2, -0.15) is 0 Å². The minimum absolute atomic E-state index is 0.0450. The first-order chi connectivity index (χ1) is 11.5. The summed E-state index contributed by atoms with van der Waals surface area (Å²) in [6.07, 6.45) is -1.12. The maximum absolute atomic E-state index is 13.7. The lowest BCUT2D eigenvalue weighted by atomic mass is 9.94. The summed E-state index contributed by atoms with van der Waals surface area (Å²) in [6, 6.07) is 9.33. The van der Waals surface area contributed by atoms with Crippen molar-refractivity contribution in [3.63, 3.8) is 0 Å². The van der Waals surface area contributed by atoms with Crippen LogP contribution in [0.15, 0.2) is 42.5 Å². The topological polar surface area (TPSA) is 69.6 Å². The Labute approximate surface area is 136 Å². The van der Waals surface area contributed by atoms with Gasteiger partial charge in [0.2, 0.25) is 5.91 Å². The van der Waals surface area contributed by atoms with Crippen LogP contribution in [0.3, 0.4) is 0 Å². The van der Waals surface area contributed by atoms with Crippen LogP contribution in [-0.2, 0) is 17.8 Å². The number of rotatable bonds is 2. The summed E-state index contributed by atoms with van der Waals surface area (Å²) in [5.74, 6) is -2.60. The van der Waals surface area contributed by atoms with Crippen molar-refractivity contribution in [2.45, 2.75) is 19.0 Å². The van der Waals surface area contributed by atoms with E-state index in [4.69, 9.17) is 0 Å². The van der Waals surface area contributed by atoms with Gasteiger partial charge in [-0.1, -0.05) is 30.3 Å². The number of halogens is 2.